The number of aliphatic imine (C=N–C) groups is 1. The molecule has 0 amide bonds. The van der Waals surface area contributed by atoms with Gasteiger partial charge in [-0.1, -0.05) is 30.3 Å². The van der Waals surface area contributed by atoms with E-state index in [-0.39, 0.29) is 24.0 Å². The van der Waals surface area contributed by atoms with Gasteiger partial charge in [0.15, 0.2) is 5.96 Å². The van der Waals surface area contributed by atoms with Crippen molar-refractivity contribution in [1.82, 2.24) is 4.90 Å². The van der Waals surface area contributed by atoms with Crippen LogP contribution in [0, 0.1) is 0 Å². The van der Waals surface area contributed by atoms with E-state index < -0.39 is 10.8 Å². The molecule has 118 valence electrons. The number of rotatable bonds is 5. The van der Waals surface area contributed by atoms with Gasteiger partial charge in [0.1, 0.15) is 0 Å². The van der Waals surface area contributed by atoms with Gasteiger partial charge in [-0.25, -0.2) is 0 Å². The lowest BCUT2D eigenvalue weighted by molar-refractivity contribution is 0.338. The quantitative estimate of drug-likeness (QED) is 0.451. The van der Waals surface area contributed by atoms with Crippen molar-refractivity contribution in [3.8, 4) is 0 Å². The molecule has 2 rings (SSSR count). The Balaban J connectivity index is 0.00000220. The summed E-state index contributed by atoms with van der Waals surface area (Å²) < 4.78 is 12.0. The lowest BCUT2D eigenvalue weighted by atomic mass is 10.1. The highest BCUT2D eigenvalue weighted by atomic mass is 127. The fourth-order valence-electron chi connectivity index (χ4n) is 2.32. The number of halogens is 1. The summed E-state index contributed by atoms with van der Waals surface area (Å²) in [5, 5.41) is 0. The Morgan fingerprint density at radius 1 is 1.19 bits per heavy atom. The molecule has 0 aromatic heterocycles. The molecular weight excluding hydrogens is 397 g/mol. The molecule has 1 aromatic rings. The van der Waals surface area contributed by atoms with Gasteiger partial charge in [0, 0.05) is 35.4 Å². The number of piperidine rings is 1. The van der Waals surface area contributed by atoms with Crippen LogP contribution in [0.5, 0.6) is 0 Å². The van der Waals surface area contributed by atoms with Crippen LogP contribution in [0.1, 0.15) is 24.8 Å². The number of hydrogen-bond acceptors (Lipinski definition) is 2. The van der Waals surface area contributed by atoms with E-state index in [0.29, 0.717) is 24.0 Å². The standard InChI is InChI=1S/C15H23N3OS.HI/c16-15(18-10-5-2-6-11-18)17-9-12-20(19)13-14-7-3-1-4-8-14;/h1,3-4,7-8H,2,5-6,9-13H2,(H2,16,17);1H. The van der Waals surface area contributed by atoms with E-state index in [0.717, 1.165) is 18.7 Å². The molecule has 1 atom stereocenters. The highest BCUT2D eigenvalue weighted by Gasteiger charge is 2.11. The Bertz CT molecular complexity index is 461. The van der Waals surface area contributed by atoms with Crippen LogP contribution >= 0.6 is 24.0 Å². The third-order valence-electron chi connectivity index (χ3n) is 3.44. The average Bonchev–Trinajstić information content (AvgIpc) is 2.49. The minimum absolute atomic E-state index is 0. The maximum Gasteiger partial charge on any atom is 0.191 e. The molecule has 1 unspecified atom stereocenters. The van der Waals surface area contributed by atoms with E-state index in [4.69, 9.17) is 5.73 Å². The van der Waals surface area contributed by atoms with Gasteiger partial charge >= 0.3 is 0 Å². The second-order valence-electron chi connectivity index (χ2n) is 5.06. The second-order valence-corrected chi connectivity index (χ2v) is 6.64. The molecule has 21 heavy (non-hydrogen) atoms. The molecule has 1 aliphatic heterocycles. The van der Waals surface area contributed by atoms with Gasteiger partial charge < -0.3 is 10.6 Å². The van der Waals surface area contributed by atoms with E-state index in [1.165, 1.54) is 19.3 Å². The number of likely N-dealkylation sites (tertiary alicyclic amines) is 1. The predicted octanol–water partition coefficient (Wildman–Crippen LogP) is 2.35. The number of benzene rings is 1. The predicted molar refractivity (Wildman–Crippen MR) is 100 cm³/mol. The molecule has 1 aromatic carbocycles. The van der Waals surface area contributed by atoms with Crippen molar-refractivity contribution in [2.75, 3.05) is 25.4 Å². The Hall–Kier alpha value is -0.630. The van der Waals surface area contributed by atoms with Crippen molar-refractivity contribution in [1.29, 1.82) is 0 Å². The number of nitrogens with zero attached hydrogens (tertiary/aromatic N) is 2. The van der Waals surface area contributed by atoms with Crippen LogP contribution in [-0.4, -0.2) is 40.5 Å². The molecule has 1 fully saturated rings. The van der Waals surface area contributed by atoms with Crippen LogP contribution in [0.15, 0.2) is 35.3 Å². The first-order valence-electron chi connectivity index (χ1n) is 7.19. The van der Waals surface area contributed by atoms with Gasteiger partial charge in [0.25, 0.3) is 0 Å². The molecule has 0 saturated carbocycles. The largest absolute Gasteiger partial charge is 0.370 e. The summed E-state index contributed by atoms with van der Waals surface area (Å²) in [5.41, 5.74) is 7.07. The summed E-state index contributed by atoms with van der Waals surface area (Å²) in [4.78, 5) is 6.49. The zero-order valence-corrected chi connectivity index (χ0v) is 15.4. The SMILES string of the molecule is I.NC(=NCCS(=O)Cc1ccccc1)N1CCCCC1. The van der Waals surface area contributed by atoms with Gasteiger partial charge in [0.2, 0.25) is 0 Å². The monoisotopic (exact) mass is 421 g/mol. The fourth-order valence-corrected chi connectivity index (χ4v) is 3.32. The highest BCUT2D eigenvalue weighted by molar-refractivity contribution is 14.0. The van der Waals surface area contributed by atoms with Crippen molar-refractivity contribution in [2.24, 2.45) is 10.7 Å². The summed E-state index contributed by atoms with van der Waals surface area (Å²) in [7, 11) is -0.874. The summed E-state index contributed by atoms with van der Waals surface area (Å²) in [6, 6.07) is 9.92. The van der Waals surface area contributed by atoms with Gasteiger partial charge in [-0.2, -0.15) is 0 Å². The highest BCUT2D eigenvalue weighted by Crippen LogP contribution is 2.08. The molecule has 0 spiro atoms. The third kappa shape index (κ3) is 6.78. The summed E-state index contributed by atoms with van der Waals surface area (Å²) in [6.45, 7) is 2.55. The molecule has 1 heterocycles. The topological polar surface area (TPSA) is 58.7 Å². The summed E-state index contributed by atoms with van der Waals surface area (Å²) in [6.07, 6.45) is 3.66. The van der Waals surface area contributed by atoms with E-state index in [9.17, 15) is 4.21 Å². The van der Waals surface area contributed by atoms with Gasteiger partial charge in [-0.15, -0.1) is 24.0 Å². The smallest absolute Gasteiger partial charge is 0.191 e. The maximum atomic E-state index is 12.0. The maximum absolute atomic E-state index is 12.0. The van der Waals surface area contributed by atoms with Crippen LogP contribution in [0.3, 0.4) is 0 Å². The van der Waals surface area contributed by atoms with Crippen LogP contribution in [0.4, 0.5) is 0 Å². The average molecular weight is 421 g/mol. The molecular formula is C15H24IN3OS. The molecule has 4 nitrogen and oxygen atoms in total. The minimum atomic E-state index is -0.874. The van der Waals surface area contributed by atoms with E-state index in [1.54, 1.807) is 0 Å². The molecule has 2 N–H and O–H groups in total. The van der Waals surface area contributed by atoms with Crippen molar-refractivity contribution in [2.45, 2.75) is 25.0 Å². The van der Waals surface area contributed by atoms with E-state index in [1.807, 2.05) is 30.3 Å². The molecule has 0 bridgehead atoms. The van der Waals surface area contributed by atoms with Crippen molar-refractivity contribution >= 4 is 40.7 Å². The zero-order chi connectivity index (χ0) is 14.2. The van der Waals surface area contributed by atoms with Gasteiger partial charge in [0.05, 0.1) is 6.54 Å². The molecule has 6 heteroatoms. The molecule has 0 aliphatic carbocycles. The summed E-state index contributed by atoms with van der Waals surface area (Å²) in [5.74, 6) is 1.78. The molecule has 0 radical (unpaired) electrons. The molecule has 1 aliphatic rings. The zero-order valence-electron chi connectivity index (χ0n) is 12.2. The van der Waals surface area contributed by atoms with Gasteiger partial charge in [-0.05, 0) is 24.8 Å². The van der Waals surface area contributed by atoms with E-state index in [2.05, 4.69) is 9.89 Å². The van der Waals surface area contributed by atoms with Crippen LogP contribution < -0.4 is 5.73 Å². The first-order chi connectivity index (χ1) is 9.75. The Morgan fingerprint density at radius 2 is 1.86 bits per heavy atom. The third-order valence-corrected chi connectivity index (χ3v) is 4.74. The van der Waals surface area contributed by atoms with Crippen LogP contribution in [-0.2, 0) is 16.6 Å². The lowest BCUT2D eigenvalue weighted by Crippen LogP contribution is -2.41. The Kier molecular flexibility index (Phi) is 8.91. The first kappa shape index (κ1) is 18.4. The lowest BCUT2D eigenvalue weighted by Gasteiger charge is -2.27. The Morgan fingerprint density at radius 3 is 2.52 bits per heavy atom. The van der Waals surface area contributed by atoms with Gasteiger partial charge in [-0.3, -0.25) is 9.20 Å². The summed E-state index contributed by atoms with van der Waals surface area (Å²) >= 11 is 0. The Labute approximate surface area is 146 Å². The molecule has 1 saturated heterocycles. The van der Waals surface area contributed by atoms with Crippen molar-refractivity contribution in [3.05, 3.63) is 35.9 Å². The second kappa shape index (κ2) is 10.2. The first-order valence-corrected chi connectivity index (χ1v) is 8.68. The van der Waals surface area contributed by atoms with E-state index >= 15 is 0 Å². The minimum Gasteiger partial charge on any atom is -0.370 e. The number of nitrogens with two attached hydrogens (primary N) is 1. The fraction of sp³-hybridized carbons (Fsp3) is 0.533. The number of guanidine groups is 1. The van der Waals surface area contributed by atoms with Crippen molar-refractivity contribution in [3.63, 3.8) is 0 Å². The normalized spacial score (nSPS) is 17.1. The van der Waals surface area contributed by atoms with Crippen LogP contribution in [0.2, 0.25) is 0 Å². The van der Waals surface area contributed by atoms with Crippen LogP contribution in [0.25, 0.3) is 0 Å². The van der Waals surface area contributed by atoms with Crippen molar-refractivity contribution < 1.29 is 4.21 Å². The number of hydrogen-bond donors (Lipinski definition) is 1.